The Balaban J connectivity index is 2.27. The minimum Gasteiger partial charge on any atom is -0.378 e. The summed E-state index contributed by atoms with van der Waals surface area (Å²) in [6.45, 7) is 4.81. The number of nitrogens with two attached hydrogens (primary N) is 1. The van der Waals surface area contributed by atoms with Gasteiger partial charge in [-0.2, -0.15) is 0 Å². The Labute approximate surface area is 97.4 Å². The van der Waals surface area contributed by atoms with Crippen molar-refractivity contribution in [2.75, 3.05) is 31.2 Å². The molecule has 1 aliphatic rings. The third-order valence-corrected chi connectivity index (χ3v) is 3.39. The summed E-state index contributed by atoms with van der Waals surface area (Å²) in [5.41, 5.74) is 2.53. The first-order chi connectivity index (χ1) is 7.72. The monoisotopic (exact) mass is 242 g/mol. The van der Waals surface area contributed by atoms with Crippen molar-refractivity contribution in [2.45, 2.75) is 6.92 Å². The number of nitrogens with one attached hydrogen (secondary N) is 1. The molecule has 0 unspecified atom stereocenters. The number of amides is 1. The van der Waals surface area contributed by atoms with Crippen molar-refractivity contribution in [3.8, 4) is 0 Å². The molecule has 3 N–H and O–H groups in total. The molecule has 88 valence electrons. The highest BCUT2D eigenvalue weighted by Gasteiger charge is 2.22. The van der Waals surface area contributed by atoms with Crippen LogP contribution in [0.25, 0.3) is 0 Å². The second-order valence-corrected chi connectivity index (χ2v) is 4.64. The molecule has 1 aromatic heterocycles. The molecule has 0 atom stereocenters. The molecule has 7 heteroatoms. The average molecular weight is 242 g/mol. The molecule has 1 saturated heterocycles. The van der Waals surface area contributed by atoms with E-state index in [0.29, 0.717) is 18.9 Å². The molecular weight excluding hydrogens is 228 g/mol. The Morgan fingerprint density at radius 1 is 1.56 bits per heavy atom. The van der Waals surface area contributed by atoms with Gasteiger partial charge in [-0.1, -0.05) is 0 Å². The number of aryl methyl sites for hydroxylation is 1. The van der Waals surface area contributed by atoms with Gasteiger partial charge in [0.15, 0.2) is 5.69 Å². The number of thiazole rings is 1. The fourth-order valence-corrected chi connectivity index (χ4v) is 2.58. The molecule has 1 fully saturated rings. The summed E-state index contributed by atoms with van der Waals surface area (Å²) in [5.74, 6) is 4.79. The Hall–Kier alpha value is -1.18. The molecule has 0 saturated carbocycles. The van der Waals surface area contributed by atoms with Crippen LogP contribution in [0.2, 0.25) is 0 Å². The minimum atomic E-state index is -0.342. The molecule has 0 aliphatic carbocycles. The summed E-state index contributed by atoms with van der Waals surface area (Å²) in [7, 11) is 0. The van der Waals surface area contributed by atoms with E-state index in [4.69, 9.17) is 10.6 Å². The number of carbonyl (C=O) groups is 1. The molecule has 1 aromatic rings. The zero-order valence-corrected chi connectivity index (χ0v) is 9.84. The Morgan fingerprint density at radius 3 is 2.88 bits per heavy atom. The second kappa shape index (κ2) is 4.77. The quantitative estimate of drug-likeness (QED) is 0.430. The van der Waals surface area contributed by atoms with Crippen molar-refractivity contribution in [2.24, 2.45) is 5.84 Å². The predicted molar refractivity (Wildman–Crippen MR) is 61.5 cm³/mol. The number of aromatic nitrogens is 1. The molecule has 2 heterocycles. The molecule has 0 spiro atoms. The van der Waals surface area contributed by atoms with Crippen molar-refractivity contribution in [1.82, 2.24) is 10.4 Å². The first-order valence-corrected chi connectivity index (χ1v) is 5.85. The largest absolute Gasteiger partial charge is 0.378 e. The van der Waals surface area contributed by atoms with Gasteiger partial charge < -0.3 is 9.64 Å². The zero-order valence-electron chi connectivity index (χ0n) is 9.02. The second-order valence-electron chi connectivity index (χ2n) is 3.46. The number of nitrogens with zero attached hydrogens (tertiary/aromatic N) is 2. The number of nitrogen functional groups attached to an aromatic ring is 1. The smallest absolute Gasteiger partial charge is 0.286 e. The Kier molecular flexibility index (Phi) is 3.37. The van der Waals surface area contributed by atoms with Gasteiger partial charge in [-0.3, -0.25) is 10.2 Å². The van der Waals surface area contributed by atoms with E-state index < -0.39 is 0 Å². The fourth-order valence-electron chi connectivity index (χ4n) is 1.61. The standard InChI is InChI=1S/C9H14N4O2S/c1-6-11-7(8(14)12-10)9(16-6)13-2-4-15-5-3-13/h2-5,10H2,1H3,(H,12,14). The Bertz CT molecular complexity index is 387. The van der Waals surface area contributed by atoms with E-state index in [1.54, 1.807) is 0 Å². The summed E-state index contributed by atoms with van der Waals surface area (Å²) in [6, 6.07) is 0. The van der Waals surface area contributed by atoms with Crippen molar-refractivity contribution in [3.63, 3.8) is 0 Å². The van der Waals surface area contributed by atoms with Gasteiger partial charge in [0.05, 0.1) is 18.2 Å². The number of ether oxygens (including phenoxy) is 1. The lowest BCUT2D eigenvalue weighted by Crippen LogP contribution is -2.38. The molecule has 6 nitrogen and oxygen atoms in total. The molecule has 0 bridgehead atoms. The first-order valence-electron chi connectivity index (χ1n) is 5.03. The van der Waals surface area contributed by atoms with Crippen LogP contribution in [0.5, 0.6) is 0 Å². The molecular formula is C9H14N4O2S. The summed E-state index contributed by atoms with van der Waals surface area (Å²) in [4.78, 5) is 17.9. The van der Waals surface area contributed by atoms with Crippen LogP contribution in [0.1, 0.15) is 15.5 Å². The molecule has 16 heavy (non-hydrogen) atoms. The lowest BCUT2D eigenvalue weighted by Gasteiger charge is -2.27. The first kappa shape index (κ1) is 11.3. The van der Waals surface area contributed by atoms with Crippen LogP contribution in [-0.2, 0) is 4.74 Å². The highest BCUT2D eigenvalue weighted by atomic mass is 32.1. The number of morpholine rings is 1. The summed E-state index contributed by atoms with van der Waals surface area (Å²) in [5, 5.41) is 1.74. The number of anilines is 1. The molecule has 1 aliphatic heterocycles. The third-order valence-electron chi connectivity index (χ3n) is 2.36. The number of carbonyl (C=O) groups excluding carboxylic acids is 1. The molecule has 0 radical (unpaired) electrons. The van der Waals surface area contributed by atoms with E-state index in [1.807, 2.05) is 6.92 Å². The van der Waals surface area contributed by atoms with E-state index in [-0.39, 0.29) is 5.91 Å². The van der Waals surface area contributed by atoms with Crippen LogP contribution in [0, 0.1) is 6.92 Å². The van der Waals surface area contributed by atoms with Gasteiger partial charge in [0.1, 0.15) is 5.00 Å². The highest BCUT2D eigenvalue weighted by molar-refractivity contribution is 7.16. The van der Waals surface area contributed by atoms with Crippen LogP contribution >= 0.6 is 11.3 Å². The van der Waals surface area contributed by atoms with Crippen molar-refractivity contribution < 1.29 is 9.53 Å². The third kappa shape index (κ3) is 2.16. The topological polar surface area (TPSA) is 80.5 Å². The summed E-state index contributed by atoms with van der Waals surface area (Å²) < 4.78 is 5.27. The average Bonchev–Trinajstić information content (AvgIpc) is 2.71. The number of hydrogen-bond acceptors (Lipinski definition) is 6. The summed E-state index contributed by atoms with van der Waals surface area (Å²) >= 11 is 1.51. The molecule has 1 amide bonds. The number of hydrogen-bond donors (Lipinski definition) is 2. The lowest BCUT2D eigenvalue weighted by molar-refractivity contribution is 0.0948. The van der Waals surface area contributed by atoms with Gasteiger partial charge in [0.2, 0.25) is 0 Å². The minimum absolute atomic E-state index is 0.342. The molecule has 0 aromatic carbocycles. The van der Waals surface area contributed by atoms with E-state index in [1.165, 1.54) is 11.3 Å². The van der Waals surface area contributed by atoms with Gasteiger partial charge in [-0.15, -0.1) is 11.3 Å². The van der Waals surface area contributed by atoms with Gasteiger partial charge in [0.25, 0.3) is 5.91 Å². The lowest BCUT2D eigenvalue weighted by atomic mass is 10.3. The van der Waals surface area contributed by atoms with Crippen molar-refractivity contribution in [1.29, 1.82) is 0 Å². The summed E-state index contributed by atoms with van der Waals surface area (Å²) in [6.07, 6.45) is 0. The van der Waals surface area contributed by atoms with Crippen molar-refractivity contribution >= 4 is 22.2 Å². The fraction of sp³-hybridized carbons (Fsp3) is 0.556. The van der Waals surface area contributed by atoms with Gasteiger partial charge in [-0.25, -0.2) is 10.8 Å². The normalized spacial score (nSPS) is 16.2. The SMILES string of the molecule is Cc1nc(C(=O)NN)c(N2CCOCC2)s1. The van der Waals surface area contributed by atoms with Crippen LogP contribution in [0.3, 0.4) is 0 Å². The zero-order chi connectivity index (χ0) is 11.5. The van der Waals surface area contributed by atoms with Gasteiger partial charge in [-0.05, 0) is 6.92 Å². The number of hydrazine groups is 1. The van der Waals surface area contributed by atoms with Gasteiger partial charge in [0, 0.05) is 13.1 Å². The van der Waals surface area contributed by atoms with Crippen LogP contribution in [-0.4, -0.2) is 37.2 Å². The maximum absolute atomic E-state index is 11.5. The maximum Gasteiger partial charge on any atom is 0.286 e. The maximum atomic E-state index is 11.5. The van der Waals surface area contributed by atoms with E-state index in [0.717, 1.165) is 23.1 Å². The van der Waals surface area contributed by atoms with Crippen LogP contribution in [0.4, 0.5) is 5.00 Å². The molecule has 2 rings (SSSR count). The van der Waals surface area contributed by atoms with Gasteiger partial charge >= 0.3 is 0 Å². The van der Waals surface area contributed by atoms with Crippen molar-refractivity contribution in [3.05, 3.63) is 10.7 Å². The van der Waals surface area contributed by atoms with Crippen LogP contribution in [0.15, 0.2) is 0 Å². The number of rotatable bonds is 2. The van der Waals surface area contributed by atoms with E-state index >= 15 is 0 Å². The highest BCUT2D eigenvalue weighted by Crippen LogP contribution is 2.28. The van der Waals surface area contributed by atoms with E-state index in [2.05, 4.69) is 15.3 Å². The predicted octanol–water partition coefficient (Wildman–Crippen LogP) is -0.108. The van der Waals surface area contributed by atoms with Crippen LogP contribution < -0.4 is 16.2 Å². The van der Waals surface area contributed by atoms with E-state index in [9.17, 15) is 4.79 Å². The Morgan fingerprint density at radius 2 is 2.25 bits per heavy atom.